The number of ether oxygens (including phenoxy) is 1. The van der Waals surface area contributed by atoms with Gasteiger partial charge in [-0.3, -0.25) is 0 Å². The Labute approximate surface area is 109 Å². The molecule has 0 aliphatic heterocycles. The normalized spacial score (nSPS) is 11.8. The van der Waals surface area contributed by atoms with Crippen LogP contribution in [-0.4, -0.2) is 12.6 Å². The van der Waals surface area contributed by atoms with Gasteiger partial charge in [0.25, 0.3) is 0 Å². The van der Waals surface area contributed by atoms with Crippen LogP contribution in [-0.2, 0) is 16.0 Å². The minimum atomic E-state index is -1.68. The molecule has 1 aromatic carbocycles. The molecule has 3 heteroatoms. The number of hydrogen-bond acceptors (Lipinski definition) is 2. The summed E-state index contributed by atoms with van der Waals surface area (Å²) in [4.78, 5) is 11.2. The largest absolute Gasteiger partial charge is 0.464 e. The van der Waals surface area contributed by atoms with Crippen LogP contribution in [0.4, 0.5) is 4.39 Å². The molecule has 1 aromatic rings. The quantitative estimate of drug-likeness (QED) is 0.740. The van der Waals surface area contributed by atoms with Gasteiger partial charge in [0, 0.05) is 0 Å². The first kappa shape index (κ1) is 16.6. The van der Waals surface area contributed by atoms with Crippen molar-refractivity contribution in [2.45, 2.75) is 40.8 Å². The fourth-order valence-electron chi connectivity index (χ4n) is 1.65. The molecular formula is C15H23FO2. The lowest BCUT2D eigenvalue weighted by Gasteiger charge is -2.09. The molecule has 0 radical (unpaired) electrons. The van der Waals surface area contributed by atoms with Gasteiger partial charge in [0.05, 0.1) is 6.61 Å². The van der Waals surface area contributed by atoms with Gasteiger partial charge in [-0.05, 0) is 30.4 Å². The van der Waals surface area contributed by atoms with E-state index in [1.165, 1.54) is 0 Å². The number of benzene rings is 1. The third-order valence-corrected chi connectivity index (χ3v) is 2.41. The maximum absolute atomic E-state index is 13.6. The number of carbonyl (C=O) groups is 1. The van der Waals surface area contributed by atoms with Crippen LogP contribution >= 0.6 is 0 Å². The van der Waals surface area contributed by atoms with E-state index < -0.39 is 12.1 Å². The molecule has 1 unspecified atom stereocenters. The summed E-state index contributed by atoms with van der Waals surface area (Å²) in [6.07, 6.45) is -0.723. The highest BCUT2D eigenvalue weighted by Gasteiger charge is 2.20. The van der Waals surface area contributed by atoms with E-state index in [-0.39, 0.29) is 14.0 Å². The van der Waals surface area contributed by atoms with Crippen LogP contribution < -0.4 is 0 Å². The molecular weight excluding hydrogens is 231 g/mol. The Balaban J connectivity index is 0.00000289. The second-order valence-electron chi connectivity index (χ2n) is 4.45. The predicted octanol–water partition coefficient (Wildman–Crippen LogP) is 4.09. The second-order valence-corrected chi connectivity index (χ2v) is 4.45. The Morgan fingerprint density at radius 1 is 1.28 bits per heavy atom. The molecule has 0 amide bonds. The molecule has 2 nitrogen and oxygen atoms in total. The maximum Gasteiger partial charge on any atom is 0.345 e. The van der Waals surface area contributed by atoms with Gasteiger partial charge in [0.2, 0.25) is 6.17 Å². The summed E-state index contributed by atoms with van der Waals surface area (Å²) in [5.74, 6) is -0.254. The number of halogens is 1. The summed E-state index contributed by atoms with van der Waals surface area (Å²) in [5, 5.41) is 0. The SMILES string of the molecule is C.CCOC(=O)C(F)c1ccc(CC(C)C)cc1. The van der Waals surface area contributed by atoms with E-state index >= 15 is 0 Å². The van der Waals surface area contributed by atoms with E-state index in [0.717, 1.165) is 12.0 Å². The van der Waals surface area contributed by atoms with E-state index in [0.29, 0.717) is 11.5 Å². The molecule has 0 aromatic heterocycles. The molecule has 0 heterocycles. The zero-order valence-electron chi connectivity index (χ0n) is 10.6. The average molecular weight is 254 g/mol. The molecule has 0 N–H and O–H groups in total. The first-order valence-corrected chi connectivity index (χ1v) is 5.94. The average Bonchev–Trinajstić information content (AvgIpc) is 2.28. The minimum Gasteiger partial charge on any atom is -0.464 e. The molecule has 102 valence electrons. The molecule has 18 heavy (non-hydrogen) atoms. The van der Waals surface area contributed by atoms with Crippen molar-refractivity contribution in [3.8, 4) is 0 Å². The maximum atomic E-state index is 13.6. The zero-order chi connectivity index (χ0) is 12.8. The number of alkyl halides is 1. The van der Waals surface area contributed by atoms with E-state index in [1.807, 2.05) is 12.1 Å². The van der Waals surface area contributed by atoms with Crippen molar-refractivity contribution < 1.29 is 13.9 Å². The van der Waals surface area contributed by atoms with Crippen LogP contribution in [0.3, 0.4) is 0 Å². The molecule has 1 atom stereocenters. The number of carbonyl (C=O) groups excluding carboxylic acids is 1. The van der Waals surface area contributed by atoms with Crippen molar-refractivity contribution in [2.24, 2.45) is 5.92 Å². The van der Waals surface area contributed by atoms with Crippen LogP contribution in [0, 0.1) is 5.92 Å². The van der Waals surface area contributed by atoms with E-state index in [1.54, 1.807) is 19.1 Å². The van der Waals surface area contributed by atoms with Gasteiger partial charge >= 0.3 is 5.97 Å². The highest BCUT2D eigenvalue weighted by Crippen LogP contribution is 2.20. The lowest BCUT2D eigenvalue weighted by Crippen LogP contribution is -2.11. The monoisotopic (exact) mass is 254 g/mol. The molecule has 0 aliphatic rings. The fraction of sp³-hybridized carbons (Fsp3) is 0.533. The third kappa shape index (κ3) is 4.86. The first-order chi connectivity index (χ1) is 8.04. The van der Waals surface area contributed by atoms with Crippen molar-refractivity contribution in [1.82, 2.24) is 0 Å². The highest BCUT2D eigenvalue weighted by molar-refractivity contribution is 5.76. The van der Waals surface area contributed by atoms with Gasteiger partial charge < -0.3 is 4.74 Å². The first-order valence-electron chi connectivity index (χ1n) is 5.94. The Morgan fingerprint density at radius 2 is 1.83 bits per heavy atom. The topological polar surface area (TPSA) is 26.3 Å². The Hall–Kier alpha value is -1.38. The summed E-state index contributed by atoms with van der Waals surface area (Å²) in [6, 6.07) is 7.03. The second kappa shape index (κ2) is 7.85. The molecule has 1 rings (SSSR count). The van der Waals surface area contributed by atoms with Crippen LogP contribution in [0.2, 0.25) is 0 Å². The number of hydrogen-bond donors (Lipinski definition) is 0. The standard InChI is InChI=1S/C14H19FO2.CH4/c1-4-17-14(16)13(15)12-7-5-11(6-8-12)9-10(2)3;/h5-8,10,13H,4,9H2,1-3H3;1H4. The zero-order valence-corrected chi connectivity index (χ0v) is 10.6. The molecule has 0 saturated carbocycles. The van der Waals surface area contributed by atoms with Crippen LogP contribution in [0.15, 0.2) is 24.3 Å². The van der Waals surface area contributed by atoms with E-state index in [9.17, 15) is 9.18 Å². The van der Waals surface area contributed by atoms with Crippen molar-refractivity contribution in [3.05, 3.63) is 35.4 Å². The predicted molar refractivity (Wildman–Crippen MR) is 72.2 cm³/mol. The van der Waals surface area contributed by atoms with Crippen molar-refractivity contribution in [1.29, 1.82) is 0 Å². The van der Waals surface area contributed by atoms with Crippen LogP contribution in [0.1, 0.15) is 45.5 Å². The number of esters is 1. The summed E-state index contributed by atoms with van der Waals surface area (Å²) in [5.41, 5.74) is 1.51. The van der Waals surface area contributed by atoms with Gasteiger partial charge in [-0.15, -0.1) is 0 Å². The van der Waals surface area contributed by atoms with Gasteiger partial charge in [-0.1, -0.05) is 45.5 Å². The lowest BCUT2D eigenvalue weighted by molar-refractivity contribution is -0.149. The molecule has 0 saturated heterocycles. The minimum absolute atomic E-state index is 0. The van der Waals surface area contributed by atoms with E-state index in [4.69, 9.17) is 0 Å². The molecule has 0 spiro atoms. The Bertz CT molecular complexity index is 357. The van der Waals surface area contributed by atoms with Gasteiger partial charge in [0.15, 0.2) is 0 Å². The summed E-state index contributed by atoms with van der Waals surface area (Å²) in [7, 11) is 0. The fourth-order valence-corrected chi connectivity index (χ4v) is 1.65. The molecule has 0 aliphatic carbocycles. The van der Waals surface area contributed by atoms with Crippen LogP contribution in [0.5, 0.6) is 0 Å². The van der Waals surface area contributed by atoms with Gasteiger partial charge in [0.1, 0.15) is 0 Å². The molecule has 0 bridgehead atoms. The number of rotatable bonds is 5. The third-order valence-electron chi connectivity index (χ3n) is 2.41. The van der Waals surface area contributed by atoms with Crippen molar-refractivity contribution >= 4 is 5.97 Å². The van der Waals surface area contributed by atoms with Crippen LogP contribution in [0.25, 0.3) is 0 Å². The Morgan fingerprint density at radius 3 is 2.28 bits per heavy atom. The van der Waals surface area contributed by atoms with Crippen molar-refractivity contribution in [3.63, 3.8) is 0 Å². The summed E-state index contributed by atoms with van der Waals surface area (Å²) < 4.78 is 18.3. The van der Waals surface area contributed by atoms with E-state index in [2.05, 4.69) is 18.6 Å². The molecule has 0 fully saturated rings. The van der Waals surface area contributed by atoms with Gasteiger partial charge in [-0.25, -0.2) is 9.18 Å². The summed E-state index contributed by atoms with van der Waals surface area (Å²) in [6.45, 7) is 6.12. The van der Waals surface area contributed by atoms with Crippen molar-refractivity contribution in [2.75, 3.05) is 6.61 Å². The Kier molecular flexibility index (Phi) is 7.25. The smallest absolute Gasteiger partial charge is 0.345 e. The lowest BCUT2D eigenvalue weighted by atomic mass is 10.0. The summed E-state index contributed by atoms with van der Waals surface area (Å²) >= 11 is 0. The highest BCUT2D eigenvalue weighted by atomic mass is 19.1. The van der Waals surface area contributed by atoms with Gasteiger partial charge in [-0.2, -0.15) is 0 Å².